The van der Waals surface area contributed by atoms with Gasteiger partial charge in [0.15, 0.2) is 0 Å². The molecule has 1 aliphatic carbocycles. The summed E-state index contributed by atoms with van der Waals surface area (Å²) in [6.45, 7) is 4.48. The van der Waals surface area contributed by atoms with Crippen LogP contribution in [0.4, 0.5) is 0 Å². The van der Waals surface area contributed by atoms with Crippen LogP contribution in [-0.4, -0.2) is 5.11 Å². The van der Waals surface area contributed by atoms with Crippen molar-refractivity contribution in [1.29, 1.82) is 0 Å². The first-order valence-electron chi connectivity index (χ1n) is 7.05. The molecule has 1 unspecified atom stereocenters. The maximum Gasteiger partial charge on any atom is 0.119 e. The van der Waals surface area contributed by atoms with Crippen molar-refractivity contribution >= 4 is 0 Å². The van der Waals surface area contributed by atoms with Crippen molar-refractivity contribution in [3.05, 3.63) is 29.3 Å². The lowest BCUT2D eigenvalue weighted by Gasteiger charge is -2.24. The predicted octanol–water partition coefficient (Wildman–Crippen LogP) is 4.95. The van der Waals surface area contributed by atoms with Gasteiger partial charge in [-0.15, -0.1) is 0 Å². The van der Waals surface area contributed by atoms with Crippen LogP contribution in [0.1, 0.15) is 75.3 Å². The molecule has 1 aromatic carbocycles. The van der Waals surface area contributed by atoms with Crippen LogP contribution in [0.3, 0.4) is 0 Å². The Hall–Kier alpha value is -0.980. The van der Waals surface area contributed by atoms with Gasteiger partial charge in [-0.1, -0.05) is 45.2 Å². The molecule has 0 amide bonds. The largest absolute Gasteiger partial charge is 0.508 e. The van der Waals surface area contributed by atoms with Crippen LogP contribution in [0.25, 0.3) is 0 Å². The number of hydrogen-bond donors (Lipinski definition) is 1. The lowest BCUT2D eigenvalue weighted by molar-refractivity contribution is 0.413. The van der Waals surface area contributed by atoms with Crippen molar-refractivity contribution in [3.63, 3.8) is 0 Å². The summed E-state index contributed by atoms with van der Waals surface area (Å²) in [6, 6.07) is 6.22. The highest BCUT2D eigenvalue weighted by Crippen LogP contribution is 2.38. The molecule has 1 aliphatic rings. The molecule has 0 heterocycles. The highest BCUT2D eigenvalue weighted by molar-refractivity contribution is 5.40. The van der Waals surface area contributed by atoms with Crippen LogP contribution in [0.2, 0.25) is 0 Å². The summed E-state index contributed by atoms with van der Waals surface area (Å²) in [4.78, 5) is 0. The Balaban J connectivity index is 2.25. The molecular weight excluding hydrogens is 208 g/mol. The van der Waals surface area contributed by atoms with Gasteiger partial charge in [-0.25, -0.2) is 0 Å². The molecular formula is C16H24O. The summed E-state index contributed by atoms with van der Waals surface area (Å²) in [5, 5.41) is 10.0. The zero-order valence-electron chi connectivity index (χ0n) is 11.1. The van der Waals surface area contributed by atoms with Crippen molar-refractivity contribution in [2.45, 2.75) is 64.2 Å². The van der Waals surface area contributed by atoms with E-state index >= 15 is 0 Å². The quantitative estimate of drug-likeness (QED) is 0.781. The minimum atomic E-state index is 0.504. The summed E-state index contributed by atoms with van der Waals surface area (Å²) in [5.74, 6) is 1.69. The maximum atomic E-state index is 10.0. The molecule has 1 fully saturated rings. The Morgan fingerprint density at radius 1 is 1.24 bits per heavy atom. The number of rotatable bonds is 3. The Labute approximate surface area is 105 Å². The number of benzene rings is 1. The first-order valence-corrected chi connectivity index (χ1v) is 7.05. The molecule has 0 saturated heterocycles. The molecule has 1 aromatic rings. The highest BCUT2D eigenvalue weighted by atomic mass is 16.3. The van der Waals surface area contributed by atoms with E-state index in [-0.39, 0.29) is 0 Å². The average molecular weight is 232 g/mol. The zero-order chi connectivity index (χ0) is 12.3. The molecule has 0 aromatic heterocycles. The van der Waals surface area contributed by atoms with Crippen molar-refractivity contribution in [2.75, 3.05) is 0 Å². The van der Waals surface area contributed by atoms with Gasteiger partial charge in [0, 0.05) is 0 Å². The molecule has 94 valence electrons. The van der Waals surface area contributed by atoms with E-state index in [1.165, 1.54) is 43.2 Å². The number of hydrogen-bond acceptors (Lipinski definition) is 1. The minimum Gasteiger partial charge on any atom is -0.508 e. The van der Waals surface area contributed by atoms with E-state index in [4.69, 9.17) is 0 Å². The molecule has 2 rings (SSSR count). The SMILES string of the molecule is CCC(C)c1ccc(O)c(C2CCCCC2)c1. The maximum absolute atomic E-state index is 10.0. The summed E-state index contributed by atoms with van der Waals surface area (Å²) in [5.41, 5.74) is 2.58. The fourth-order valence-corrected chi connectivity index (χ4v) is 2.86. The molecule has 17 heavy (non-hydrogen) atoms. The summed E-state index contributed by atoms with van der Waals surface area (Å²) in [6.07, 6.45) is 7.65. The van der Waals surface area contributed by atoms with Gasteiger partial charge < -0.3 is 5.11 Å². The molecule has 0 aliphatic heterocycles. The third-order valence-corrected chi connectivity index (χ3v) is 4.28. The lowest BCUT2D eigenvalue weighted by atomic mass is 9.82. The second-order valence-electron chi connectivity index (χ2n) is 5.46. The lowest BCUT2D eigenvalue weighted by Crippen LogP contribution is -2.05. The van der Waals surface area contributed by atoms with Crippen molar-refractivity contribution in [3.8, 4) is 5.75 Å². The molecule has 1 heteroatoms. The van der Waals surface area contributed by atoms with Gasteiger partial charge in [0.1, 0.15) is 5.75 Å². The molecule has 1 nitrogen and oxygen atoms in total. The monoisotopic (exact) mass is 232 g/mol. The van der Waals surface area contributed by atoms with Gasteiger partial charge in [0.05, 0.1) is 0 Å². The van der Waals surface area contributed by atoms with Gasteiger partial charge >= 0.3 is 0 Å². The third kappa shape index (κ3) is 2.83. The first-order chi connectivity index (χ1) is 8.22. The predicted molar refractivity (Wildman–Crippen MR) is 72.6 cm³/mol. The fourth-order valence-electron chi connectivity index (χ4n) is 2.86. The Morgan fingerprint density at radius 2 is 1.94 bits per heavy atom. The van der Waals surface area contributed by atoms with Crippen LogP contribution in [0, 0.1) is 0 Å². The van der Waals surface area contributed by atoms with Gasteiger partial charge in [-0.3, -0.25) is 0 Å². The summed E-state index contributed by atoms with van der Waals surface area (Å²) < 4.78 is 0. The first kappa shape index (κ1) is 12.5. The second kappa shape index (κ2) is 5.57. The van der Waals surface area contributed by atoms with Crippen LogP contribution in [0.15, 0.2) is 18.2 Å². The molecule has 1 atom stereocenters. The minimum absolute atomic E-state index is 0.504. The van der Waals surface area contributed by atoms with Gasteiger partial charge in [0.2, 0.25) is 0 Å². The normalized spacial score (nSPS) is 19.2. The highest BCUT2D eigenvalue weighted by Gasteiger charge is 2.19. The summed E-state index contributed by atoms with van der Waals surface area (Å²) >= 11 is 0. The Morgan fingerprint density at radius 3 is 2.59 bits per heavy atom. The molecule has 0 bridgehead atoms. The van der Waals surface area contributed by atoms with Gasteiger partial charge in [-0.2, -0.15) is 0 Å². The topological polar surface area (TPSA) is 20.2 Å². The molecule has 1 N–H and O–H groups in total. The van der Waals surface area contributed by atoms with Crippen molar-refractivity contribution in [2.24, 2.45) is 0 Å². The Bertz CT molecular complexity index is 364. The fraction of sp³-hybridized carbons (Fsp3) is 0.625. The molecule has 1 saturated carbocycles. The van der Waals surface area contributed by atoms with E-state index in [1.54, 1.807) is 0 Å². The van der Waals surface area contributed by atoms with E-state index in [0.717, 1.165) is 6.42 Å². The van der Waals surface area contributed by atoms with Crippen LogP contribution >= 0.6 is 0 Å². The Kier molecular flexibility index (Phi) is 4.09. The van der Waals surface area contributed by atoms with Crippen molar-refractivity contribution < 1.29 is 5.11 Å². The van der Waals surface area contributed by atoms with E-state index in [0.29, 0.717) is 17.6 Å². The number of phenols is 1. The number of aromatic hydroxyl groups is 1. The molecule has 0 spiro atoms. The summed E-state index contributed by atoms with van der Waals surface area (Å²) in [7, 11) is 0. The zero-order valence-corrected chi connectivity index (χ0v) is 11.1. The van der Waals surface area contributed by atoms with E-state index in [9.17, 15) is 5.11 Å². The third-order valence-electron chi connectivity index (χ3n) is 4.28. The second-order valence-corrected chi connectivity index (χ2v) is 5.46. The van der Waals surface area contributed by atoms with E-state index in [2.05, 4.69) is 26.0 Å². The van der Waals surface area contributed by atoms with Crippen LogP contribution in [-0.2, 0) is 0 Å². The average Bonchev–Trinajstić information content (AvgIpc) is 2.39. The van der Waals surface area contributed by atoms with Crippen molar-refractivity contribution in [1.82, 2.24) is 0 Å². The van der Waals surface area contributed by atoms with E-state index < -0.39 is 0 Å². The van der Waals surface area contributed by atoms with Gasteiger partial charge in [-0.05, 0) is 48.3 Å². The van der Waals surface area contributed by atoms with Crippen LogP contribution in [0.5, 0.6) is 5.75 Å². The van der Waals surface area contributed by atoms with Gasteiger partial charge in [0.25, 0.3) is 0 Å². The van der Waals surface area contributed by atoms with Crippen LogP contribution < -0.4 is 0 Å². The standard InChI is InChI=1S/C16H24O/c1-3-12(2)14-9-10-16(17)15(11-14)13-7-5-4-6-8-13/h9-13,17H,3-8H2,1-2H3. The van der Waals surface area contributed by atoms with E-state index in [1.807, 2.05) is 6.07 Å². The number of phenolic OH excluding ortho intramolecular Hbond substituents is 1. The molecule has 0 radical (unpaired) electrons. The smallest absolute Gasteiger partial charge is 0.119 e.